The zero-order valence-electron chi connectivity index (χ0n) is 29.6. The van der Waals surface area contributed by atoms with Gasteiger partial charge in [-0.15, -0.1) is 0 Å². The maximum Gasteiger partial charge on any atom is 0.216 e. The van der Waals surface area contributed by atoms with Crippen molar-refractivity contribution in [3.63, 3.8) is 0 Å². The molecule has 5 heteroatoms. The zero-order chi connectivity index (χ0) is 36.0. The number of para-hydroxylation sites is 5. The van der Waals surface area contributed by atoms with Gasteiger partial charge in [0, 0.05) is 50.0 Å². The van der Waals surface area contributed by atoms with Gasteiger partial charge in [-0.1, -0.05) is 97.1 Å². The summed E-state index contributed by atoms with van der Waals surface area (Å²) in [6.07, 6.45) is 0. The van der Waals surface area contributed by atoms with Crippen molar-refractivity contribution < 1.29 is 8.83 Å². The predicted octanol–water partition coefficient (Wildman–Crippen LogP) is 14.4. The quantitative estimate of drug-likeness (QED) is 0.173. The number of hydrogen-bond donors (Lipinski definition) is 0. The first-order chi connectivity index (χ1) is 27.3. The number of nitrogens with zero attached hydrogens (tertiary/aromatic N) is 3. The molecule has 5 nitrogen and oxygen atoms in total. The molecule has 0 unspecified atom stereocenters. The van der Waals surface area contributed by atoms with Crippen LogP contribution in [0, 0.1) is 0 Å². The van der Waals surface area contributed by atoms with Crippen LogP contribution in [0.15, 0.2) is 197 Å². The summed E-state index contributed by atoms with van der Waals surface area (Å²) < 4.78 is 16.0. The van der Waals surface area contributed by atoms with E-state index in [4.69, 9.17) is 8.83 Å². The highest BCUT2D eigenvalue weighted by Crippen LogP contribution is 2.51. The number of rotatable bonds is 6. The highest BCUT2D eigenvalue weighted by molar-refractivity contribution is 6.34. The molecular weight excluding hydrogens is 675 g/mol. The van der Waals surface area contributed by atoms with Crippen LogP contribution in [0.3, 0.4) is 0 Å². The van der Waals surface area contributed by atoms with Crippen molar-refractivity contribution in [1.29, 1.82) is 0 Å². The average Bonchev–Trinajstić information content (AvgIpc) is 3.98. The fourth-order valence-corrected chi connectivity index (χ4v) is 8.73. The van der Waals surface area contributed by atoms with Crippen molar-refractivity contribution in [2.75, 3.05) is 9.80 Å². The van der Waals surface area contributed by atoms with Crippen LogP contribution in [0.4, 0.5) is 34.1 Å². The summed E-state index contributed by atoms with van der Waals surface area (Å²) in [6, 6.07) is 66.3. The molecule has 0 fully saturated rings. The van der Waals surface area contributed by atoms with Crippen molar-refractivity contribution in [2.24, 2.45) is 0 Å². The fraction of sp³-hybridized carbons (Fsp3) is 0. The van der Waals surface area contributed by atoms with Crippen LogP contribution >= 0.6 is 0 Å². The van der Waals surface area contributed by atoms with Crippen molar-refractivity contribution in [1.82, 2.24) is 4.40 Å². The normalized spacial score (nSPS) is 12.0. The Labute approximate surface area is 315 Å². The summed E-state index contributed by atoms with van der Waals surface area (Å²) in [5, 5.41) is 8.88. The molecule has 0 saturated heterocycles. The molecule has 0 atom stereocenters. The minimum Gasteiger partial charge on any atom is -0.439 e. The Morgan fingerprint density at radius 2 is 0.909 bits per heavy atom. The minimum absolute atomic E-state index is 0.789. The van der Waals surface area contributed by atoms with Gasteiger partial charge in [-0.2, -0.15) is 0 Å². The van der Waals surface area contributed by atoms with E-state index in [1.165, 1.54) is 0 Å². The molecule has 0 N–H and O–H groups in total. The molecule has 0 saturated carbocycles. The molecule has 12 aromatic rings. The molecule has 8 aromatic carbocycles. The third-order valence-electron chi connectivity index (χ3n) is 11.1. The van der Waals surface area contributed by atoms with Gasteiger partial charge in [0.2, 0.25) is 11.4 Å². The van der Waals surface area contributed by atoms with Gasteiger partial charge in [-0.25, -0.2) is 4.40 Å². The smallest absolute Gasteiger partial charge is 0.216 e. The number of aromatic nitrogens is 1. The highest BCUT2D eigenvalue weighted by Gasteiger charge is 2.29. The molecule has 55 heavy (non-hydrogen) atoms. The molecule has 12 rings (SSSR count). The fourth-order valence-electron chi connectivity index (χ4n) is 8.73. The lowest BCUT2D eigenvalue weighted by atomic mass is 10.0. The van der Waals surface area contributed by atoms with Gasteiger partial charge in [0.1, 0.15) is 11.2 Å². The SMILES string of the molecule is c1ccc(N(c2ccccc2)c2ccc3cc4c(cc3c2)oc2c4c3ccc(N(c4ccccc4)c4ccccc4)c4c5c6ccccc6oc5n2c34)cc1. The third-order valence-corrected chi connectivity index (χ3v) is 11.1. The van der Waals surface area contributed by atoms with Crippen LogP contribution in [0.25, 0.3) is 71.2 Å². The van der Waals surface area contributed by atoms with Crippen LogP contribution in [-0.4, -0.2) is 4.40 Å². The van der Waals surface area contributed by atoms with E-state index in [-0.39, 0.29) is 0 Å². The van der Waals surface area contributed by atoms with E-state index in [0.29, 0.717) is 0 Å². The van der Waals surface area contributed by atoms with Crippen LogP contribution in [0.1, 0.15) is 0 Å². The molecule has 4 heterocycles. The second kappa shape index (κ2) is 11.5. The largest absolute Gasteiger partial charge is 0.439 e. The van der Waals surface area contributed by atoms with E-state index >= 15 is 0 Å². The van der Waals surface area contributed by atoms with Crippen LogP contribution in [0.5, 0.6) is 0 Å². The number of fused-ring (bicyclic) bond motifs is 11. The van der Waals surface area contributed by atoms with E-state index in [2.05, 4.69) is 196 Å². The van der Waals surface area contributed by atoms with Crippen molar-refractivity contribution in [3.8, 4) is 0 Å². The zero-order valence-corrected chi connectivity index (χ0v) is 29.6. The van der Waals surface area contributed by atoms with Gasteiger partial charge in [0.25, 0.3) is 0 Å². The molecule has 0 aliphatic heterocycles. The topological polar surface area (TPSA) is 37.2 Å². The Morgan fingerprint density at radius 3 is 1.56 bits per heavy atom. The summed E-state index contributed by atoms with van der Waals surface area (Å²) in [5.74, 6) is 0. The summed E-state index contributed by atoms with van der Waals surface area (Å²) in [5.41, 5.74) is 10.9. The summed E-state index contributed by atoms with van der Waals surface area (Å²) in [7, 11) is 0. The van der Waals surface area contributed by atoms with Gasteiger partial charge >= 0.3 is 0 Å². The first-order valence-corrected chi connectivity index (χ1v) is 18.6. The van der Waals surface area contributed by atoms with Crippen molar-refractivity contribution in [3.05, 3.63) is 188 Å². The second-order valence-electron chi connectivity index (χ2n) is 14.1. The molecule has 0 aliphatic rings. The average molecular weight is 706 g/mol. The lowest BCUT2D eigenvalue weighted by Crippen LogP contribution is -2.10. The van der Waals surface area contributed by atoms with Gasteiger partial charge in [0.05, 0.1) is 22.0 Å². The van der Waals surface area contributed by atoms with E-state index in [1.54, 1.807) is 0 Å². The van der Waals surface area contributed by atoms with Gasteiger partial charge in [-0.3, -0.25) is 0 Å². The Morgan fingerprint density at radius 1 is 0.345 bits per heavy atom. The molecule has 0 radical (unpaired) electrons. The number of furan rings is 2. The van der Waals surface area contributed by atoms with Crippen molar-refractivity contribution >= 4 is 105 Å². The Kier molecular flexibility index (Phi) is 6.27. The lowest BCUT2D eigenvalue weighted by molar-refractivity contribution is 0.624. The maximum absolute atomic E-state index is 6.97. The Hall–Kier alpha value is -7.50. The Balaban J connectivity index is 1.13. The van der Waals surface area contributed by atoms with E-state index < -0.39 is 0 Å². The van der Waals surface area contributed by atoms with Gasteiger partial charge in [-0.05, 0) is 102 Å². The van der Waals surface area contributed by atoms with E-state index in [9.17, 15) is 0 Å². The monoisotopic (exact) mass is 705 g/mol. The number of hydrogen-bond acceptors (Lipinski definition) is 4. The third kappa shape index (κ3) is 4.35. The minimum atomic E-state index is 0.789. The van der Waals surface area contributed by atoms with Crippen LogP contribution in [0.2, 0.25) is 0 Å². The molecule has 0 amide bonds. The summed E-state index contributed by atoms with van der Waals surface area (Å²) in [6.45, 7) is 0. The molecule has 0 bridgehead atoms. The molecular formula is C50H31N3O2. The highest BCUT2D eigenvalue weighted by atomic mass is 16.4. The molecule has 258 valence electrons. The number of benzene rings is 8. The van der Waals surface area contributed by atoms with Crippen LogP contribution < -0.4 is 9.80 Å². The first kappa shape index (κ1) is 30.0. The van der Waals surface area contributed by atoms with Gasteiger partial charge < -0.3 is 18.6 Å². The molecule has 0 spiro atoms. The van der Waals surface area contributed by atoms with E-state index in [0.717, 1.165) is 105 Å². The number of anilines is 6. The molecule has 4 aromatic heterocycles. The summed E-state index contributed by atoms with van der Waals surface area (Å²) in [4.78, 5) is 4.64. The lowest BCUT2D eigenvalue weighted by Gasteiger charge is -2.26. The Bertz CT molecular complexity index is 3290. The van der Waals surface area contributed by atoms with Gasteiger partial charge in [0.15, 0.2) is 0 Å². The standard InChI is InChI=1S/C50H31N3O2/c1-5-15-34(16-6-1)51(35-17-7-2-8-18-35)38-26-25-32-30-41-44(31-33(32)29-38)55-49-45(41)40-27-28-42(52(36-19-9-3-10-20-36)37-21-11-4-12-22-37)47-46-39-23-13-14-24-43(39)54-50(46)53(49)48(40)47/h1-31H. The summed E-state index contributed by atoms with van der Waals surface area (Å²) >= 11 is 0. The maximum atomic E-state index is 6.97. The van der Waals surface area contributed by atoms with E-state index in [1.807, 2.05) is 6.07 Å². The molecule has 0 aliphatic carbocycles. The predicted molar refractivity (Wildman–Crippen MR) is 228 cm³/mol. The first-order valence-electron chi connectivity index (χ1n) is 18.6. The van der Waals surface area contributed by atoms with Crippen LogP contribution in [-0.2, 0) is 0 Å². The van der Waals surface area contributed by atoms with Crippen molar-refractivity contribution in [2.45, 2.75) is 0 Å². The second-order valence-corrected chi connectivity index (χ2v) is 14.1.